The molecule has 15 heteroatoms. The third-order valence-electron chi connectivity index (χ3n) is 8.60. The highest BCUT2D eigenvalue weighted by atomic mass is 127. The Labute approximate surface area is 259 Å². The Hall–Kier alpha value is -3.21. The maximum Gasteiger partial charge on any atom is 0.435 e. The molecular formula is C29H21F7IN3O3S. The molecule has 0 unspecified atom stereocenters. The Bertz CT molecular complexity index is 1880. The number of nitrogens with one attached hydrogen (secondary N) is 1. The van der Waals surface area contributed by atoms with Gasteiger partial charge in [-0.2, -0.15) is 26.3 Å². The maximum atomic E-state index is 15.0. The Morgan fingerprint density at radius 2 is 1.64 bits per heavy atom. The van der Waals surface area contributed by atoms with Gasteiger partial charge in [-0.3, -0.25) is 4.79 Å². The summed E-state index contributed by atoms with van der Waals surface area (Å²) >= 11 is 1.98. The van der Waals surface area contributed by atoms with E-state index in [2.05, 4.69) is 9.97 Å². The van der Waals surface area contributed by atoms with Crippen LogP contribution in [0.1, 0.15) is 39.9 Å². The molecule has 0 bridgehead atoms. The second kappa shape index (κ2) is 10.2. The molecule has 232 valence electrons. The number of likely N-dealkylation sites (tertiary alicyclic amines) is 1. The van der Waals surface area contributed by atoms with E-state index in [0.717, 1.165) is 9.64 Å². The number of carbonyl (C=O) groups excluding carboxylic acids is 1. The first-order valence-electron chi connectivity index (χ1n) is 13.2. The minimum atomic E-state index is -6.33. The van der Waals surface area contributed by atoms with Crippen LogP contribution in [0, 0.1) is 3.57 Å². The highest BCUT2D eigenvalue weighted by molar-refractivity contribution is 14.1. The molecule has 1 aliphatic carbocycles. The number of alkyl halides is 7. The number of sulfone groups is 1. The first-order valence-corrected chi connectivity index (χ1v) is 15.8. The van der Waals surface area contributed by atoms with Gasteiger partial charge in [0.25, 0.3) is 5.91 Å². The van der Waals surface area contributed by atoms with Crippen molar-refractivity contribution < 1.29 is 43.9 Å². The number of aryl methyl sites for hydroxylation is 1. The molecule has 6 nitrogen and oxygen atoms in total. The van der Waals surface area contributed by atoms with Crippen LogP contribution >= 0.6 is 22.6 Å². The van der Waals surface area contributed by atoms with Crippen LogP contribution in [-0.2, 0) is 26.7 Å². The van der Waals surface area contributed by atoms with Crippen molar-refractivity contribution in [2.75, 3.05) is 6.54 Å². The Balaban J connectivity index is 1.52. The molecule has 1 amide bonds. The predicted octanol–water partition coefficient (Wildman–Crippen LogP) is 6.99. The molecular weight excluding hydrogens is 730 g/mol. The van der Waals surface area contributed by atoms with Crippen LogP contribution in [0.2, 0.25) is 0 Å². The summed E-state index contributed by atoms with van der Waals surface area (Å²) in [4.78, 5) is 22.1. The number of aromatic amines is 1. The average Bonchev–Trinajstić information content (AvgIpc) is 3.60. The lowest BCUT2D eigenvalue weighted by Crippen LogP contribution is -2.53. The smallest absolute Gasteiger partial charge is 0.345 e. The van der Waals surface area contributed by atoms with Crippen molar-refractivity contribution in [3.05, 3.63) is 92.8 Å². The summed E-state index contributed by atoms with van der Waals surface area (Å²) in [6.45, 7) is -0.0644. The second-order valence-corrected chi connectivity index (χ2v) is 14.3. The summed E-state index contributed by atoms with van der Waals surface area (Å²) in [6, 6.07) is 11.2. The summed E-state index contributed by atoms with van der Waals surface area (Å²) < 4.78 is 124. The zero-order chi connectivity index (χ0) is 31.9. The molecule has 2 heterocycles. The molecule has 4 aromatic rings. The minimum Gasteiger partial charge on any atom is -0.345 e. The van der Waals surface area contributed by atoms with Crippen molar-refractivity contribution in [3.8, 4) is 0 Å². The molecule has 6 rings (SSSR count). The molecule has 1 fully saturated rings. The molecule has 1 aliphatic heterocycles. The van der Waals surface area contributed by atoms with Crippen molar-refractivity contribution in [2.24, 2.45) is 0 Å². The zero-order valence-electron chi connectivity index (χ0n) is 22.3. The fraction of sp³-hybridized carbons (Fsp3) is 0.310. The SMILES string of the molecule is O=C(c1ccc2[nH]cnc2c1)N1CC[C@@]2(S(=O)(=O)c3ccc(I)cc3)c3ccc(C(F)(C(F)(F)F)C(F)(F)F)cc3CC[C@@H]12. The summed E-state index contributed by atoms with van der Waals surface area (Å²) in [5.41, 5.74) is -6.17. The van der Waals surface area contributed by atoms with E-state index in [1.165, 1.54) is 23.4 Å². The van der Waals surface area contributed by atoms with Crippen molar-refractivity contribution in [1.29, 1.82) is 0 Å². The Kier molecular flexibility index (Phi) is 7.11. The summed E-state index contributed by atoms with van der Waals surface area (Å²) in [6.07, 6.45) is -11.7. The summed E-state index contributed by atoms with van der Waals surface area (Å²) in [7, 11) is -4.42. The number of benzene rings is 3. The van der Waals surface area contributed by atoms with Gasteiger partial charge in [-0.15, -0.1) is 0 Å². The molecule has 0 spiro atoms. The van der Waals surface area contributed by atoms with Crippen LogP contribution in [0.5, 0.6) is 0 Å². The van der Waals surface area contributed by atoms with E-state index >= 15 is 4.39 Å². The third-order valence-corrected chi connectivity index (χ3v) is 11.9. The summed E-state index contributed by atoms with van der Waals surface area (Å²) in [5.74, 6) is -0.503. The van der Waals surface area contributed by atoms with Gasteiger partial charge >= 0.3 is 18.0 Å². The molecule has 2 atom stereocenters. The van der Waals surface area contributed by atoms with Crippen molar-refractivity contribution in [3.63, 3.8) is 0 Å². The Morgan fingerprint density at radius 3 is 2.30 bits per heavy atom. The number of nitrogens with zero attached hydrogens (tertiary/aromatic N) is 2. The molecule has 1 N–H and O–H groups in total. The lowest BCUT2D eigenvalue weighted by atomic mass is 9.76. The molecule has 0 saturated carbocycles. The maximum absolute atomic E-state index is 15.0. The van der Waals surface area contributed by atoms with Gasteiger partial charge in [0.05, 0.1) is 28.3 Å². The van der Waals surface area contributed by atoms with Crippen molar-refractivity contribution >= 4 is 49.4 Å². The van der Waals surface area contributed by atoms with Gasteiger partial charge in [0.1, 0.15) is 4.75 Å². The van der Waals surface area contributed by atoms with Crippen LogP contribution in [0.3, 0.4) is 0 Å². The fourth-order valence-electron chi connectivity index (χ4n) is 6.53. The van der Waals surface area contributed by atoms with Gasteiger partial charge in [0.15, 0.2) is 9.84 Å². The lowest BCUT2D eigenvalue weighted by molar-refractivity contribution is -0.348. The number of halogens is 8. The topological polar surface area (TPSA) is 83.1 Å². The normalized spacial score (nSPS) is 20.9. The van der Waals surface area contributed by atoms with Crippen molar-refractivity contribution in [1.82, 2.24) is 14.9 Å². The standard InChI is InChI=1S/C29H21F7IN3O3S/c30-27(28(31,32)33,29(34,35)36)18-3-8-21-16(13-18)2-10-24-26(21,44(42,43)20-6-4-19(37)5-7-20)11-12-40(24)25(41)17-1-9-22-23(14-17)39-15-38-22/h1,3-9,13-15,24H,2,10-12H2,(H,38,39)/t24-,26-/m1/s1. The number of H-pyrrole nitrogens is 1. The number of fused-ring (bicyclic) bond motifs is 4. The van der Waals surface area contributed by atoms with Crippen LogP contribution < -0.4 is 0 Å². The third kappa shape index (κ3) is 4.35. The quantitative estimate of drug-likeness (QED) is 0.180. The van der Waals surface area contributed by atoms with E-state index in [1.807, 2.05) is 22.6 Å². The number of rotatable bonds is 4. The number of aromatic nitrogens is 2. The van der Waals surface area contributed by atoms with E-state index in [4.69, 9.17) is 0 Å². The van der Waals surface area contributed by atoms with Crippen molar-refractivity contribution in [2.45, 2.75) is 53.0 Å². The van der Waals surface area contributed by atoms with Crippen LogP contribution in [0.25, 0.3) is 11.0 Å². The second-order valence-electron chi connectivity index (χ2n) is 10.8. The lowest BCUT2D eigenvalue weighted by Gasteiger charge is -2.43. The van der Waals surface area contributed by atoms with Gasteiger partial charge in [-0.05, 0) is 95.4 Å². The van der Waals surface area contributed by atoms with Crippen LogP contribution in [0.4, 0.5) is 30.7 Å². The fourth-order valence-corrected chi connectivity index (χ4v) is 9.25. The van der Waals surface area contributed by atoms with Crippen LogP contribution in [0.15, 0.2) is 71.9 Å². The monoisotopic (exact) mass is 751 g/mol. The Morgan fingerprint density at radius 1 is 0.955 bits per heavy atom. The number of imidazole rings is 1. The van der Waals surface area contributed by atoms with Gasteiger partial charge in [0, 0.05) is 21.2 Å². The summed E-state index contributed by atoms with van der Waals surface area (Å²) in [5, 5.41) is 0. The van der Waals surface area contributed by atoms with Gasteiger partial charge < -0.3 is 9.88 Å². The number of carbonyl (C=O) groups is 1. The molecule has 1 aromatic heterocycles. The van der Waals surface area contributed by atoms with E-state index in [1.54, 1.807) is 30.3 Å². The van der Waals surface area contributed by atoms with E-state index in [0.29, 0.717) is 23.2 Å². The average molecular weight is 751 g/mol. The molecule has 0 radical (unpaired) electrons. The molecule has 1 saturated heterocycles. The molecule has 3 aromatic carbocycles. The highest BCUT2D eigenvalue weighted by Gasteiger charge is 2.73. The molecule has 44 heavy (non-hydrogen) atoms. The number of hydrogen-bond donors (Lipinski definition) is 1. The van der Waals surface area contributed by atoms with E-state index in [-0.39, 0.29) is 47.4 Å². The first kappa shape index (κ1) is 30.8. The first-order chi connectivity index (χ1) is 20.5. The highest BCUT2D eigenvalue weighted by Crippen LogP contribution is 2.56. The van der Waals surface area contributed by atoms with Gasteiger partial charge in [-0.1, -0.05) is 18.2 Å². The number of hydrogen-bond acceptors (Lipinski definition) is 4. The zero-order valence-corrected chi connectivity index (χ0v) is 25.3. The van der Waals surface area contributed by atoms with Crippen LogP contribution in [-0.4, -0.2) is 54.1 Å². The van der Waals surface area contributed by atoms with Gasteiger partial charge in [-0.25, -0.2) is 17.8 Å². The predicted molar refractivity (Wildman–Crippen MR) is 153 cm³/mol. The van der Waals surface area contributed by atoms with E-state index in [9.17, 15) is 39.6 Å². The number of amides is 1. The largest absolute Gasteiger partial charge is 0.435 e. The van der Waals surface area contributed by atoms with E-state index < -0.39 is 50.1 Å². The van der Waals surface area contributed by atoms with Gasteiger partial charge in [0.2, 0.25) is 0 Å². The molecule has 2 aliphatic rings. The minimum absolute atomic E-state index is 0.0548.